The minimum atomic E-state index is -0.675. The molecular weight excluding hydrogens is 419 g/mol. The van der Waals surface area contributed by atoms with Crippen LogP contribution in [-0.4, -0.2) is 42.7 Å². The number of hydrogen-bond acceptors (Lipinski definition) is 5. The van der Waals surface area contributed by atoms with Crippen molar-refractivity contribution in [2.45, 2.75) is 18.0 Å². The topological polar surface area (TPSA) is 67.9 Å². The number of hydrogen-bond donors (Lipinski definition) is 1. The van der Waals surface area contributed by atoms with E-state index in [-0.39, 0.29) is 34.3 Å². The summed E-state index contributed by atoms with van der Waals surface area (Å²) in [6.45, 7) is -0.0533. The summed E-state index contributed by atoms with van der Waals surface area (Å²) in [6.07, 6.45) is 0. The van der Waals surface area contributed by atoms with E-state index in [9.17, 15) is 14.0 Å². The zero-order valence-electron chi connectivity index (χ0n) is 15.7. The van der Waals surface area contributed by atoms with Crippen molar-refractivity contribution >= 4 is 35.2 Å². The third-order valence-electron chi connectivity index (χ3n) is 5.10. The highest BCUT2D eigenvalue weighted by Crippen LogP contribution is 2.52. The number of thioether (sulfide) groups is 1. The van der Waals surface area contributed by atoms with Crippen molar-refractivity contribution in [3.63, 3.8) is 0 Å². The summed E-state index contributed by atoms with van der Waals surface area (Å²) in [5.41, 5.74) is 1.43. The Morgan fingerprint density at radius 1 is 1.31 bits per heavy atom. The number of amides is 2. The van der Waals surface area contributed by atoms with Crippen LogP contribution >= 0.6 is 23.4 Å². The molecule has 4 rings (SSSR count). The summed E-state index contributed by atoms with van der Waals surface area (Å²) in [5, 5.41) is 2.68. The molecule has 0 saturated carbocycles. The molecule has 0 unspecified atom stereocenters. The first-order chi connectivity index (χ1) is 14.0. The lowest BCUT2D eigenvalue weighted by Gasteiger charge is -2.22. The fraction of sp³-hybridized carbons (Fsp3) is 0.300. The van der Waals surface area contributed by atoms with Crippen LogP contribution in [0.3, 0.4) is 0 Å². The summed E-state index contributed by atoms with van der Waals surface area (Å²) >= 11 is 7.53. The van der Waals surface area contributed by atoms with Crippen molar-refractivity contribution in [2.24, 2.45) is 0 Å². The first-order valence-corrected chi connectivity index (χ1v) is 10.3. The summed E-state index contributed by atoms with van der Waals surface area (Å²) in [7, 11) is 2.98. The first-order valence-electron chi connectivity index (χ1n) is 8.87. The van der Waals surface area contributed by atoms with Gasteiger partial charge in [0.25, 0.3) is 5.91 Å². The Bertz CT molecular complexity index is 982. The molecule has 2 heterocycles. The molecule has 2 atom stereocenters. The predicted octanol–water partition coefficient (Wildman–Crippen LogP) is 3.38. The molecule has 0 radical (unpaired) electrons. The lowest BCUT2D eigenvalue weighted by Crippen LogP contribution is -2.45. The van der Waals surface area contributed by atoms with E-state index in [1.165, 1.54) is 38.1 Å². The zero-order chi connectivity index (χ0) is 20.7. The van der Waals surface area contributed by atoms with Gasteiger partial charge in [-0.05, 0) is 18.2 Å². The molecule has 2 aromatic rings. The molecule has 0 bridgehead atoms. The highest BCUT2D eigenvalue weighted by molar-refractivity contribution is 7.99. The smallest absolute Gasteiger partial charge is 0.260 e. The van der Waals surface area contributed by atoms with Crippen molar-refractivity contribution in [3.05, 3.63) is 57.9 Å². The third kappa shape index (κ3) is 3.20. The third-order valence-corrected chi connectivity index (χ3v) is 6.76. The van der Waals surface area contributed by atoms with Gasteiger partial charge >= 0.3 is 0 Å². The molecule has 1 fully saturated rings. The first kappa shape index (κ1) is 19.8. The largest absolute Gasteiger partial charge is 0.493 e. The Labute approximate surface area is 176 Å². The molecule has 0 aromatic heterocycles. The maximum Gasteiger partial charge on any atom is 0.260 e. The van der Waals surface area contributed by atoms with E-state index in [1.54, 1.807) is 17.0 Å². The lowest BCUT2D eigenvalue weighted by atomic mass is 10.1. The van der Waals surface area contributed by atoms with Crippen molar-refractivity contribution in [1.29, 1.82) is 0 Å². The SMILES string of the molecule is COc1ccc2c(c1OC)C(=O)N1[C@H](C(=O)NCc3c(F)cccc3Cl)CS[C@@H]21. The molecule has 1 saturated heterocycles. The average Bonchev–Trinajstić information content (AvgIpc) is 3.27. The van der Waals surface area contributed by atoms with E-state index in [0.29, 0.717) is 22.8 Å². The Hall–Kier alpha value is -2.45. The van der Waals surface area contributed by atoms with Gasteiger partial charge in [-0.2, -0.15) is 0 Å². The maximum absolute atomic E-state index is 14.0. The van der Waals surface area contributed by atoms with Crippen molar-refractivity contribution in [3.8, 4) is 11.5 Å². The molecule has 0 aliphatic carbocycles. The summed E-state index contributed by atoms with van der Waals surface area (Å²) < 4.78 is 24.6. The van der Waals surface area contributed by atoms with E-state index >= 15 is 0 Å². The molecule has 2 amide bonds. The monoisotopic (exact) mass is 436 g/mol. The number of nitrogens with zero attached hydrogens (tertiary/aromatic N) is 1. The number of nitrogens with one attached hydrogen (secondary N) is 1. The van der Waals surface area contributed by atoms with Gasteiger partial charge in [0.2, 0.25) is 5.91 Å². The molecule has 6 nitrogen and oxygen atoms in total. The van der Waals surface area contributed by atoms with Gasteiger partial charge in [0.1, 0.15) is 17.2 Å². The second-order valence-electron chi connectivity index (χ2n) is 6.60. The standard InChI is InChI=1S/C20H18ClFN2O4S/c1-27-15-7-6-10-16(17(15)28-2)19(26)24-14(9-29-20(10)24)18(25)23-8-11-12(21)4-3-5-13(11)22/h3-7,14,20H,8-9H2,1-2H3,(H,23,25)/t14-,20-/m0/s1. The number of rotatable bonds is 5. The fourth-order valence-corrected chi connectivity index (χ4v) is 5.37. The van der Waals surface area contributed by atoms with Gasteiger partial charge in [-0.15, -0.1) is 11.8 Å². The quantitative estimate of drug-likeness (QED) is 0.778. The highest BCUT2D eigenvalue weighted by Gasteiger charge is 2.50. The lowest BCUT2D eigenvalue weighted by molar-refractivity contribution is -0.124. The highest BCUT2D eigenvalue weighted by atomic mass is 35.5. The van der Waals surface area contributed by atoms with E-state index < -0.39 is 11.9 Å². The van der Waals surface area contributed by atoms with Gasteiger partial charge in [-0.25, -0.2) is 4.39 Å². The second-order valence-corrected chi connectivity index (χ2v) is 8.12. The number of halogens is 2. The number of ether oxygens (including phenoxy) is 2. The molecule has 0 spiro atoms. The van der Waals surface area contributed by atoms with E-state index in [2.05, 4.69) is 5.32 Å². The summed E-state index contributed by atoms with van der Waals surface area (Å²) in [4.78, 5) is 27.5. The summed E-state index contributed by atoms with van der Waals surface area (Å²) in [5.74, 6) is 0.142. The van der Waals surface area contributed by atoms with Gasteiger partial charge in [-0.3, -0.25) is 9.59 Å². The Kier molecular flexibility index (Phi) is 5.31. The van der Waals surface area contributed by atoms with E-state index in [0.717, 1.165) is 5.56 Å². The number of carbonyl (C=O) groups is 2. The number of carbonyl (C=O) groups excluding carboxylic acids is 2. The summed E-state index contributed by atoms with van der Waals surface area (Å²) in [6, 6.07) is 7.26. The predicted molar refractivity (Wildman–Crippen MR) is 108 cm³/mol. The van der Waals surface area contributed by atoms with Crippen LogP contribution in [0.5, 0.6) is 11.5 Å². The molecule has 9 heteroatoms. The van der Waals surface area contributed by atoms with Gasteiger partial charge in [0, 0.05) is 28.4 Å². The van der Waals surface area contributed by atoms with Crippen LogP contribution in [0.1, 0.15) is 26.9 Å². The van der Waals surface area contributed by atoms with Crippen LogP contribution in [-0.2, 0) is 11.3 Å². The van der Waals surface area contributed by atoms with Gasteiger partial charge in [0.15, 0.2) is 11.5 Å². The van der Waals surface area contributed by atoms with Crippen LogP contribution < -0.4 is 14.8 Å². The zero-order valence-corrected chi connectivity index (χ0v) is 17.3. The van der Waals surface area contributed by atoms with Crippen molar-refractivity contribution in [1.82, 2.24) is 10.2 Å². The molecular formula is C20H18ClFN2O4S. The molecule has 29 heavy (non-hydrogen) atoms. The van der Waals surface area contributed by atoms with Crippen LogP contribution in [0.15, 0.2) is 30.3 Å². The normalized spacial score (nSPS) is 19.7. The molecule has 1 N–H and O–H groups in total. The van der Waals surface area contributed by atoms with Gasteiger partial charge in [0.05, 0.1) is 19.8 Å². The molecule has 152 valence electrons. The average molecular weight is 437 g/mol. The van der Waals surface area contributed by atoms with Gasteiger partial charge in [-0.1, -0.05) is 23.7 Å². The van der Waals surface area contributed by atoms with E-state index in [1.807, 2.05) is 6.07 Å². The number of methoxy groups -OCH3 is 2. The molecule has 2 aromatic carbocycles. The Morgan fingerprint density at radius 3 is 2.79 bits per heavy atom. The second kappa shape index (κ2) is 7.76. The van der Waals surface area contributed by atoms with Crippen molar-refractivity contribution < 1.29 is 23.5 Å². The minimum Gasteiger partial charge on any atom is -0.493 e. The minimum absolute atomic E-state index is 0.0533. The number of benzene rings is 2. The maximum atomic E-state index is 14.0. The Morgan fingerprint density at radius 2 is 2.10 bits per heavy atom. The fourth-order valence-electron chi connectivity index (χ4n) is 3.69. The molecule has 2 aliphatic heterocycles. The van der Waals surface area contributed by atoms with Crippen LogP contribution in [0.2, 0.25) is 5.02 Å². The van der Waals surface area contributed by atoms with E-state index in [4.69, 9.17) is 21.1 Å². The number of fused-ring (bicyclic) bond motifs is 3. The van der Waals surface area contributed by atoms with Crippen LogP contribution in [0, 0.1) is 5.82 Å². The molecule has 2 aliphatic rings. The van der Waals surface area contributed by atoms with Gasteiger partial charge < -0.3 is 19.7 Å². The van der Waals surface area contributed by atoms with Crippen LogP contribution in [0.25, 0.3) is 0 Å². The van der Waals surface area contributed by atoms with Crippen molar-refractivity contribution in [2.75, 3.05) is 20.0 Å². The van der Waals surface area contributed by atoms with Crippen LogP contribution in [0.4, 0.5) is 4.39 Å². The Balaban J connectivity index is 1.56.